The van der Waals surface area contributed by atoms with Crippen LogP contribution < -0.4 is 0 Å². The average molecular weight is 718 g/mol. The van der Waals surface area contributed by atoms with Gasteiger partial charge in [0, 0.05) is 32.8 Å². The predicted molar refractivity (Wildman–Crippen MR) is 237 cm³/mol. The van der Waals surface area contributed by atoms with E-state index in [-0.39, 0.29) is 0 Å². The maximum atomic E-state index is 5.33. The van der Waals surface area contributed by atoms with Crippen LogP contribution in [0.2, 0.25) is 0 Å². The van der Waals surface area contributed by atoms with Crippen molar-refractivity contribution in [3.63, 3.8) is 0 Å². The van der Waals surface area contributed by atoms with Crippen LogP contribution in [0, 0.1) is 0 Å². The van der Waals surface area contributed by atoms with E-state index in [0.29, 0.717) is 5.92 Å². The van der Waals surface area contributed by atoms with Gasteiger partial charge in [-0.3, -0.25) is 4.98 Å². The van der Waals surface area contributed by atoms with E-state index >= 15 is 0 Å². The Morgan fingerprint density at radius 1 is 0.393 bits per heavy atom. The number of nitrogens with zero attached hydrogens (tertiary/aromatic N) is 3. The lowest BCUT2D eigenvalue weighted by molar-refractivity contribution is 0.445. The molecule has 266 valence electrons. The van der Waals surface area contributed by atoms with Gasteiger partial charge in [-0.15, -0.1) is 0 Å². The van der Waals surface area contributed by atoms with Gasteiger partial charge >= 0.3 is 0 Å². The van der Waals surface area contributed by atoms with E-state index in [2.05, 4.69) is 179 Å². The monoisotopic (exact) mass is 717 g/mol. The molecule has 0 saturated heterocycles. The van der Waals surface area contributed by atoms with Gasteiger partial charge in [0.05, 0.1) is 39.6 Å². The van der Waals surface area contributed by atoms with Gasteiger partial charge in [0.1, 0.15) is 0 Å². The first-order chi connectivity index (χ1) is 27.8. The summed E-state index contributed by atoms with van der Waals surface area (Å²) in [5.41, 5.74) is 10.7. The van der Waals surface area contributed by atoms with Crippen molar-refractivity contribution in [2.24, 2.45) is 0 Å². The molecule has 0 bridgehead atoms. The van der Waals surface area contributed by atoms with Crippen LogP contribution >= 0.6 is 0 Å². The summed E-state index contributed by atoms with van der Waals surface area (Å²) in [6.07, 6.45) is 8.58. The minimum Gasteiger partial charge on any atom is -0.309 e. The molecule has 0 N–H and O–H groups in total. The third-order valence-electron chi connectivity index (χ3n) is 12.7. The highest BCUT2D eigenvalue weighted by atomic mass is 15.0. The van der Waals surface area contributed by atoms with Crippen molar-refractivity contribution in [2.75, 3.05) is 0 Å². The van der Waals surface area contributed by atoms with E-state index in [0.717, 1.165) is 17.1 Å². The molecule has 3 nitrogen and oxygen atoms in total. The molecule has 11 aromatic rings. The molecule has 0 aliphatic heterocycles. The zero-order valence-corrected chi connectivity index (χ0v) is 31.1. The lowest BCUT2D eigenvalue weighted by atomic mass is 9.79. The number of para-hydroxylation sites is 3. The highest BCUT2D eigenvalue weighted by Gasteiger charge is 2.23. The van der Waals surface area contributed by atoms with Crippen molar-refractivity contribution in [3.05, 3.63) is 176 Å². The zero-order chi connectivity index (χ0) is 36.7. The summed E-state index contributed by atoms with van der Waals surface area (Å²) in [7, 11) is 0. The molecule has 0 spiro atoms. The van der Waals surface area contributed by atoms with Gasteiger partial charge < -0.3 is 9.13 Å². The van der Waals surface area contributed by atoms with Crippen LogP contribution in [0.25, 0.3) is 98.6 Å². The Hall–Kier alpha value is -6.71. The molecular weight excluding hydrogens is 679 g/mol. The molecular formula is C53H39N3. The van der Waals surface area contributed by atoms with Gasteiger partial charge in [-0.25, -0.2) is 0 Å². The molecule has 3 aromatic heterocycles. The van der Waals surface area contributed by atoms with Crippen LogP contribution in [-0.4, -0.2) is 14.1 Å². The van der Waals surface area contributed by atoms with E-state index in [1.807, 2.05) is 0 Å². The first-order valence-corrected chi connectivity index (χ1v) is 20.2. The van der Waals surface area contributed by atoms with Crippen molar-refractivity contribution in [1.82, 2.24) is 14.1 Å². The number of hydrogen-bond donors (Lipinski definition) is 0. The molecule has 12 rings (SSSR count). The number of pyridine rings is 1. The summed E-state index contributed by atoms with van der Waals surface area (Å²) in [6.45, 7) is 0. The van der Waals surface area contributed by atoms with Gasteiger partial charge in [-0.1, -0.05) is 135 Å². The number of rotatable bonds is 4. The summed E-state index contributed by atoms with van der Waals surface area (Å²) in [4.78, 5) is 5.33. The normalized spacial score (nSPS) is 14.0. The summed E-state index contributed by atoms with van der Waals surface area (Å²) in [5, 5.41) is 13.0. The Labute approximate surface area is 325 Å². The molecule has 1 aliphatic carbocycles. The van der Waals surface area contributed by atoms with Crippen molar-refractivity contribution in [2.45, 2.75) is 38.0 Å². The van der Waals surface area contributed by atoms with Crippen molar-refractivity contribution in [3.8, 4) is 22.6 Å². The lowest BCUT2D eigenvalue weighted by Gasteiger charge is -2.25. The summed E-state index contributed by atoms with van der Waals surface area (Å²) >= 11 is 0. The molecule has 56 heavy (non-hydrogen) atoms. The van der Waals surface area contributed by atoms with Gasteiger partial charge in [0.15, 0.2) is 0 Å². The standard InChI is InChI=1S/C53H39N3/c1-3-15-34(16-4-1)37-28-29-44(53-43-24-10-8-20-39(43)38-19-7-9-23-42(38)52(37)53)47-30-27-36(33-54-47)56-49-26-14-12-22-41(49)46-31-45-40-21-11-13-25-48(40)55(50(45)32-51(46)56)35-17-5-2-6-18-35/h2,5-14,17-34H,1,3-4,15-16H2. The highest BCUT2D eigenvalue weighted by Crippen LogP contribution is 2.46. The maximum absolute atomic E-state index is 5.33. The third-order valence-corrected chi connectivity index (χ3v) is 12.7. The fraction of sp³-hybridized carbons (Fsp3) is 0.113. The first-order valence-electron chi connectivity index (χ1n) is 20.2. The molecule has 0 unspecified atom stereocenters. The third kappa shape index (κ3) is 4.61. The summed E-state index contributed by atoms with van der Waals surface area (Å²) < 4.78 is 4.81. The molecule has 8 aromatic carbocycles. The summed E-state index contributed by atoms with van der Waals surface area (Å²) in [6, 6.07) is 60.5. The Morgan fingerprint density at radius 2 is 0.946 bits per heavy atom. The molecule has 1 saturated carbocycles. The van der Waals surface area contributed by atoms with Gasteiger partial charge in [0.25, 0.3) is 0 Å². The van der Waals surface area contributed by atoms with Gasteiger partial charge in [-0.05, 0) is 105 Å². The molecule has 0 atom stereocenters. The summed E-state index contributed by atoms with van der Waals surface area (Å²) in [5.74, 6) is 0.586. The van der Waals surface area contributed by atoms with Crippen LogP contribution in [0.5, 0.6) is 0 Å². The van der Waals surface area contributed by atoms with E-state index < -0.39 is 0 Å². The smallest absolute Gasteiger partial charge is 0.0710 e. The van der Waals surface area contributed by atoms with Crippen LogP contribution in [0.15, 0.2) is 170 Å². The predicted octanol–water partition coefficient (Wildman–Crippen LogP) is 14.5. The highest BCUT2D eigenvalue weighted by molar-refractivity contribution is 6.29. The maximum Gasteiger partial charge on any atom is 0.0710 e. The van der Waals surface area contributed by atoms with Crippen LogP contribution in [0.1, 0.15) is 43.6 Å². The fourth-order valence-electron chi connectivity index (χ4n) is 10.3. The fourth-order valence-corrected chi connectivity index (χ4v) is 10.3. The molecule has 1 fully saturated rings. The minimum absolute atomic E-state index is 0.586. The lowest BCUT2D eigenvalue weighted by Crippen LogP contribution is -2.06. The molecule has 0 radical (unpaired) electrons. The number of benzene rings is 8. The van der Waals surface area contributed by atoms with Crippen LogP contribution in [0.4, 0.5) is 0 Å². The van der Waals surface area contributed by atoms with E-state index in [4.69, 9.17) is 4.98 Å². The second-order valence-electron chi connectivity index (χ2n) is 15.7. The van der Waals surface area contributed by atoms with E-state index in [1.165, 1.54) is 119 Å². The Kier molecular flexibility index (Phi) is 7.01. The first kappa shape index (κ1) is 31.6. The zero-order valence-electron chi connectivity index (χ0n) is 31.1. The largest absolute Gasteiger partial charge is 0.309 e. The Morgan fingerprint density at radius 3 is 1.57 bits per heavy atom. The molecule has 1 aliphatic rings. The van der Waals surface area contributed by atoms with Crippen LogP contribution in [0.3, 0.4) is 0 Å². The number of hydrogen-bond acceptors (Lipinski definition) is 1. The average Bonchev–Trinajstić information content (AvgIpc) is 3.78. The van der Waals surface area contributed by atoms with Crippen molar-refractivity contribution in [1.29, 1.82) is 0 Å². The topological polar surface area (TPSA) is 22.8 Å². The minimum atomic E-state index is 0.586. The molecule has 3 heteroatoms. The van der Waals surface area contributed by atoms with Crippen molar-refractivity contribution >= 4 is 75.9 Å². The Balaban J connectivity index is 1.09. The SMILES string of the molecule is c1ccc(-n2c3ccccc3c3cc4c5ccccc5n(-c5ccc(-c6ccc(C7CCCCC7)c7c8ccccc8c8ccccc8c67)nc5)c4cc32)cc1. The quantitative estimate of drug-likeness (QED) is 0.166. The van der Waals surface area contributed by atoms with Gasteiger partial charge in [-0.2, -0.15) is 0 Å². The second-order valence-corrected chi connectivity index (χ2v) is 15.7. The molecule has 3 heterocycles. The van der Waals surface area contributed by atoms with Crippen molar-refractivity contribution < 1.29 is 0 Å². The number of aromatic nitrogens is 3. The number of fused-ring (bicyclic) bond motifs is 12. The molecule has 0 amide bonds. The van der Waals surface area contributed by atoms with Crippen LogP contribution in [-0.2, 0) is 0 Å². The van der Waals surface area contributed by atoms with Gasteiger partial charge in [0.2, 0.25) is 0 Å². The van der Waals surface area contributed by atoms with E-state index in [1.54, 1.807) is 0 Å². The van der Waals surface area contributed by atoms with E-state index in [9.17, 15) is 0 Å². The second kappa shape index (κ2) is 12.4. The Bertz CT molecular complexity index is 3320.